The van der Waals surface area contributed by atoms with Gasteiger partial charge in [0.25, 0.3) is 0 Å². The third kappa shape index (κ3) is 3.06. The van der Waals surface area contributed by atoms with Crippen molar-refractivity contribution in [1.82, 2.24) is 9.78 Å². The summed E-state index contributed by atoms with van der Waals surface area (Å²) in [5.41, 5.74) is 4.75. The number of nitrogens with zero attached hydrogens (tertiary/aromatic N) is 3. The van der Waals surface area contributed by atoms with Crippen molar-refractivity contribution in [3.63, 3.8) is 0 Å². The molecule has 0 saturated carbocycles. The second-order valence-corrected chi connectivity index (χ2v) is 5.68. The lowest BCUT2D eigenvalue weighted by atomic mass is 9.93. The monoisotopic (exact) mass is 283 g/mol. The van der Waals surface area contributed by atoms with Crippen LogP contribution in [0.15, 0.2) is 0 Å². The Morgan fingerprint density at radius 2 is 2.10 bits per heavy atom. The number of rotatable bonds is 6. The third-order valence-electron chi connectivity index (χ3n) is 3.09. The lowest BCUT2D eigenvalue weighted by Gasteiger charge is -2.22. The molecule has 1 amide bonds. The molecule has 0 aromatic carbocycles. The van der Waals surface area contributed by atoms with E-state index in [0.29, 0.717) is 11.5 Å². The molecule has 0 aliphatic heterocycles. The van der Waals surface area contributed by atoms with Crippen molar-refractivity contribution >= 4 is 17.4 Å². The fraction of sp³-hybridized carbons (Fsp3) is 0.667. The lowest BCUT2D eigenvalue weighted by Crippen LogP contribution is -2.37. The number of hydrogen-bond donors (Lipinski definition) is 2. The number of hydrogen-bond acceptors (Lipinski definition) is 5. The summed E-state index contributed by atoms with van der Waals surface area (Å²) in [6, 6.07) is -0.0402. The summed E-state index contributed by atoms with van der Waals surface area (Å²) in [4.78, 5) is 22.0. The summed E-state index contributed by atoms with van der Waals surface area (Å²) in [7, 11) is 0. The number of nitrogens with one attached hydrogen (secondary N) is 1. The molecular weight excluding hydrogens is 262 g/mol. The number of nitrogens with two attached hydrogens (primary N) is 1. The molecule has 0 aliphatic rings. The van der Waals surface area contributed by atoms with Crippen LogP contribution in [0.2, 0.25) is 0 Å². The highest BCUT2D eigenvalue weighted by molar-refractivity contribution is 5.80. The van der Waals surface area contributed by atoms with Gasteiger partial charge in [0.15, 0.2) is 0 Å². The van der Waals surface area contributed by atoms with Crippen molar-refractivity contribution in [2.45, 2.75) is 40.7 Å². The molecule has 1 aromatic heterocycles. The van der Waals surface area contributed by atoms with Crippen LogP contribution < -0.4 is 11.1 Å². The Bertz CT molecular complexity index is 533. The van der Waals surface area contributed by atoms with Crippen LogP contribution in [0.1, 0.15) is 39.4 Å². The minimum Gasteiger partial charge on any atom is -0.369 e. The van der Waals surface area contributed by atoms with Gasteiger partial charge in [0.05, 0.1) is 10.3 Å². The van der Waals surface area contributed by atoms with Gasteiger partial charge in [-0.25, -0.2) is 4.68 Å². The number of primary amides is 1. The van der Waals surface area contributed by atoms with E-state index >= 15 is 0 Å². The van der Waals surface area contributed by atoms with Gasteiger partial charge >= 0.3 is 5.69 Å². The third-order valence-corrected chi connectivity index (χ3v) is 3.09. The van der Waals surface area contributed by atoms with E-state index < -0.39 is 16.2 Å². The Hall–Kier alpha value is -2.12. The number of aryl methyl sites for hydroxylation is 1. The quantitative estimate of drug-likeness (QED) is 0.607. The van der Waals surface area contributed by atoms with Crippen LogP contribution in [0.3, 0.4) is 0 Å². The van der Waals surface area contributed by atoms with E-state index in [0.717, 1.165) is 0 Å². The van der Waals surface area contributed by atoms with Gasteiger partial charge in [0, 0.05) is 12.6 Å². The molecule has 112 valence electrons. The van der Waals surface area contributed by atoms with Gasteiger partial charge < -0.3 is 11.1 Å². The minimum atomic E-state index is -0.812. The molecule has 20 heavy (non-hydrogen) atoms. The van der Waals surface area contributed by atoms with E-state index in [-0.39, 0.29) is 18.3 Å². The van der Waals surface area contributed by atoms with Crippen LogP contribution in [-0.2, 0) is 4.79 Å². The van der Waals surface area contributed by atoms with Crippen molar-refractivity contribution in [1.29, 1.82) is 0 Å². The molecule has 1 rings (SSSR count). The molecule has 0 aliphatic carbocycles. The lowest BCUT2D eigenvalue weighted by molar-refractivity contribution is -0.384. The summed E-state index contributed by atoms with van der Waals surface area (Å²) in [6.07, 6.45) is 0. The molecule has 0 bridgehead atoms. The minimum absolute atomic E-state index is 0.0402. The second kappa shape index (κ2) is 5.48. The van der Waals surface area contributed by atoms with Gasteiger partial charge in [-0.15, -0.1) is 0 Å². The van der Waals surface area contributed by atoms with E-state index in [9.17, 15) is 14.9 Å². The van der Waals surface area contributed by atoms with E-state index in [1.807, 2.05) is 13.8 Å². The fourth-order valence-electron chi connectivity index (χ4n) is 1.69. The Balaban J connectivity index is 3.16. The number of amides is 1. The van der Waals surface area contributed by atoms with Gasteiger partial charge in [0.1, 0.15) is 5.69 Å². The molecule has 0 saturated heterocycles. The number of carbonyl (C=O) groups excluding carboxylic acids is 1. The van der Waals surface area contributed by atoms with Crippen molar-refractivity contribution in [3.8, 4) is 0 Å². The van der Waals surface area contributed by atoms with E-state index in [1.54, 1.807) is 25.5 Å². The predicted molar refractivity (Wildman–Crippen MR) is 75.5 cm³/mol. The number of carbonyl (C=O) groups is 1. The van der Waals surface area contributed by atoms with Crippen molar-refractivity contribution in [2.75, 3.05) is 11.9 Å². The molecular formula is C12H21N5O3. The summed E-state index contributed by atoms with van der Waals surface area (Å²) < 4.78 is 1.55. The van der Waals surface area contributed by atoms with Crippen LogP contribution in [0.25, 0.3) is 0 Å². The molecule has 0 spiro atoms. The summed E-state index contributed by atoms with van der Waals surface area (Å²) >= 11 is 0. The maximum absolute atomic E-state index is 11.3. The molecule has 0 fully saturated rings. The normalized spacial score (nSPS) is 11.7. The first-order chi connectivity index (χ1) is 9.08. The molecule has 0 radical (unpaired) electrons. The molecule has 8 nitrogen and oxygen atoms in total. The summed E-state index contributed by atoms with van der Waals surface area (Å²) in [6.45, 7) is 8.89. The van der Waals surface area contributed by atoms with Gasteiger partial charge in [-0.2, -0.15) is 5.10 Å². The highest BCUT2D eigenvalue weighted by Gasteiger charge is 2.30. The second-order valence-electron chi connectivity index (χ2n) is 5.68. The summed E-state index contributed by atoms with van der Waals surface area (Å²) in [5.74, 6) is -0.170. The highest BCUT2D eigenvalue weighted by Crippen LogP contribution is 2.31. The Labute approximate surface area is 117 Å². The first-order valence-electron chi connectivity index (χ1n) is 6.35. The number of nitro groups is 1. The Morgan fingerprint density at radius 3 is 2.50 bits per heavy atom. The van der Waals surface area contributed by atoms with Gasteiger partial charge in [-0.3, -0.25) is 14.9 Å². The zero-order valence-corrected chi connectivity index (χ0v) is 12.4. The van der Waals surface area contributed by atoms with E-state index in [2.05, 4.69) is 10.4 Å². The maximum atomic E-state index is 11.3. The summed E-state index contributed by atoms with van der Waals surface area (Å²) in [5, 5.41) is 18.3. The average molecular weight is 283 g/mol. The largest absolute Gasteiger partial charge is 0.369 e. The van der Waals surface area contributed by atoms with Crippen LogP contribution in [-0.4, -0.2) is 27.2 Å². The molecule has 3 N–H and O–H groups in total. The van der Waals surface area contributed by atoms with Crippen LogP contribution in [0.5, 0.6) is 0 Å². The van der Waals surface area contributed by atoms with Crippen LogP contribution in [0, 0.1) is 22.5 Å². The first-order valence-corrected chi connectivity index (χ1v) is 6.35. The average Bonchev–Trinajstić information content (AvgIpc) is 2.63. The van der Waals surface area contributed by atoms with Gasteiger partial charge in [-0.1, -0.05) is 0 Å². The zero-order chi connectivity index (χ0) is 15.7. The molecule has 0 atom stereocenters. The van der Waals surface area contributed by atoms with Crippen LogP contribution >= 0.6 is 0 Å². The first kappa shape index (κ1) is 15.9. The molecule has 8 heteroatoms. The molecule has 1 aromatic rings. The van der Waals surface area contributed by atoms with Crippen LogP contribution in [0.4, 0.5) is 11.5 Å². The molecule has 1 heterocycles. The number of anilines is 1. The molecule has 0 unspecified atom stereocenters. The Morgan fingerprint density at radius 1 is 1.55 bits per heavy atom. The topological polar surface area (TPSA) is 116 Å². The van der Waals surface area contributed by atoms with Gasteiger partial charge in [0.2, 0.25) is 11.7 Å². The zero-order valence-electron chi connectivity index (χ0n) is 12.4. The predicted octanol–water partition coefficient (Wildman–Crippen LogP) is 1.60. The van der Waals surface area contributed by atoms with Crippen molar-refractivity contribution in [2.24, 2.45) is 11.1 Å². The van der Waals surface area contributed by atoms with E-state index in [1.165, 1.54) is 0 Å². The number of aromatic nitrogens is 2. The smallest absolute Gasteiger partial charge is 0.333 e. The van der Waals surface area contributed by atoms with E-state index in [4.69, 9.17) is 5.73 Å². The van der Waals surface area contributed by atoms with Crippen molar-refractivity contribution in [3.05, 3.63) is 15.8 Å². The maximum Gasteiger partial charge on any atom is 0.333 e. The fourth-order valence-corrected chi connectivity index (χ4v) is 1.69. The SMILES string of the molecule is Cc1nn(C(C)C)c(NCC(C)(C)C(N)=O)c1[N+](=O)[O-]. The van der Waals surface area contributed by atoms with Gasteiger partial charge in [-0.05, 0) is 34.6 Å². The standard InChI is InChI=1S/C12H21N5O3/c1-7(2)16-10(9(17(19)20)8(3)15-16)14-6-12(4,5)11(13)18/h7,14H,6H2,1-5H3,(H2,13,18). The Kier molecular flexibility index (Phi) is 4.36. The van der Waals surface area contributed by atoms with Crippen molar-refractivity contribution < 1.29 is 9.72 Å². The highest BCUT2D eigenvalue weighted by atomic mass is 16.6.